The molecule has 0 spiro atoms. The number of H-pyrrole nitrogens is 1. The van der Waals surface area contributed by atoms with Crippen molar-refractivity contribution >= 4 is 33.3 Å². The lowest BCUT2D eigenvalue weighted by molar-refractivity contribution is -0.110. The number of aromatic amines is 1. The minimum Gasteiger partial charge on any atom is -0.395 e. The molecule has 1 aliphatic carbocycles. The SMILES string of the molecule is CNS(=O)(=O)c1ccc2c(c1)C(=Cc1[nH]c3c(c1CCCN1CCN(CCO)CC1)CCCC3)C(=O)N2. The fourth-order valence-corrected chi connectivity index (χ4v) is 6.54. The first-order valence-corrected chi connectivity index (χ1v) is 14.8. The molecule has 1 amide bonds. The molecule has 9 nitrogen and oxygen atoms in total. The number of hydrogen-bond acceptors (Lipinski definition) is 6. The Labute approximate surface area is 219 Å². The van der Waals surface area contributed by atoms with Crippen molar-refractivity contribution in [1.29, 1.82) is 0 Å². The largest absolute Gasteiger partial charge is 0.395 e. The number of carbonyl (C=O) groups excluding carboxylic acids is 1. The molecule has 1 aromatic carbocycles. The Kier molecular flexibility index (Phi) is 7.83. The molecule has 0 radical (unpaired) electrons. The number of β-amino-alcohol motifs (C(OH)–C–C–N with tert-alkyl or cyclic N) is 1. The summed E-state index contributed by atoms with van der Waals surface area (Å²) in [6, 6.07) is 4.74. The Morgan fingerprint density at radius 3 is 2.54 bits per heavy atom. The number of anilines is 1. The number of aromatic nitrogens is 1. The van der Waals surface area contributed by atoms with E-state index in [1.165, 1.54) is 36.4 Å². The van der Waals surface area contributed by atoms with Gasteiger partial charge in [0.25, 0.3) is 5.91 Å². The summed E-state index contributed by atoms with van der Waals surface area (Å²) in [6.07, 6.45) is 8.30. The van der Waals surface area contributed by atoms with Crippen molar-refractivity contribution in [3.8, 4) is 0 Å². The molecule has 0 atom stereocenters. The zero-order valence-electron chi connectivity index (χ0n) is 21.5. The maximum absolute atomic E-state index is 12.9. The highest BCUT2D eigenvalue weighted by molar-refractivity contribution is 7.89. The number of fused-ring (bicyclic) bond motifs is 2. The number of nitrogens with zero attached hydrogens (tertiary/aromatic N) is 2. The fourth-order valence-electron chi connectivity index (χ4n) is 5.78. The summed E-state index contributed by atoms with van der Waals surface area (Å²) in [5.41, 5.74) is 6.67. The number of amides is 1. The number of nitrogens with one attached hydrogen (secondary N) is 3. The number of rotatable bonds is 9. The standard InChI is InChI=1S/C27H37N5O4S/c1-28-37(35,36)19-8-9-25-22(17-19)23(27(34)30-25)18-26-21(20-5-2-3-7-24(20)29-26)6-4-10-31-11-13-32(14-12-31)15-16-33/h8-9,17-18,28-29,33H,2-7,10-16H2,1H3,(H,30,34). The summed E-state index contributed by atoms with van der Waals surface area (Å²) in [5, 5.41) is 12.1. The van der Waals surface area contributed by atoms with Gasteiger partial charge in [0.15, 0.2) is 0 Å². The zero-order chi connectivity index (χ0) is 26.0. The van der Waals surface area contributed by atoms with Gasteiger partial charge in [0, 0.05) is 55.4 Å². The third-order valence-electron chi connectivity index (χ3n) is 7.87. The van der Waals surface area contributed by atoms with Crippen molar-refractivity contribution in [3.63, 3.8) is 0 Å². The van der Waals surface area contributed by atoms with E-state index in [9.17, 15) is 18.3 Å². The van der Waals surface area contributed by atoms with Crippen LogP contribution in [0.4, 0.5) is 5.69 Å². The molecule has 2 aromatic rings. The Morgan fingerprint density at radius 1 is 1.08 bits per heavy atom. The summed E-state index contributed by atoms with van der Waals surface area (Å²) in [5.74, 6) is -0.215. The summed E-state index contributed by atoms with van der Waals surface area (Å²) < 4.78 is 27.1. The Hall–Kier alpha value is -2.50. The number of aliphatic hydroxyl groups excluding tert-OH is 1. The molecule has 1 aromatic heterocycles. The molecule has 4 N–H and O–H groups in total. The van der Waals surface area contributed by atoms with Crippen molar-refractivity contribution < 1.29 is 18.3 Å². The van der Waals surface area contributed by atoms with Crippen LogP contribution in [0, 0.1) is 0 Å². The maximum atomic E-state index is 12.9. The summed E-state index contributed by atoms with van der Waals surface area (Å²) >= 11 is 0. The van der Waals surface area contributed by atoms with E-state index >= 15 is 0 Å². The van der Waals surface area contributed by atoms with E-state index in [0.717, 1.165) is 77.1 Å². The molecule has 3 aliphatic rings. The van der Waals surface area contributed by atoms with E-state index < -0.39 is 10.0 Å². The van der Waals surface area contributed by atoms with E-state index in [1.807, 2.05) is 6.08 Å². The van der Waals surface area contributed by atoms with E-state index in [1.54, 1.807) is 12.1 Å². The monoisotopic (exact) mass is 527 g/mol. The number of benzene rings is 1. The van der Waals surface area contributed by atoms with Gasteiger partial charge in [-0.05, 0) is 87.5 Å². The van der Waals surface area contributed by atoms with Crippen molar-refractivity contribution in [3.05, 3.63) is 46.3 Å². The minimum absolute atomic E-state index is 0.140. The molecular formula is C27H37N5O4S. The average molecular weight is 528 g/mol. The lowest BCUT2D eigenvalue weighted by atomic mass is 9.92. The first-order chi connectivity index (χ1) is 17.9. The molecule has 0 bridgehead atoms. The van der Waals surface area contributed by atoms with Gasteiger partial charge in [-0.3, -0.25) is 9.69 Å². The van der Waals surface area contributed by atoms with Gasteiger partial charge in [0.2, 0.25) is 10.0 Å². The number of carbonyl (C=O) groups is 1. The van der Waals surface area contributed by atoms with Gasteiger partial charge < -0.3 is 20.3 Å². The first kappa shape index (κ1) is 26.1. The van der Waals surface area contributed by atoms with Crippen LogP contribution < -0.4 is 10.0 Å². The van der Waals surface area contributed by atoms with Gasteiger partial charge in [-0.25, -0.2) is 13.1 Å². The second-order valence-electron chi connectivity index (χ2n) is 10.1. The van der Waals surface area contributed by atoms with Crippen LogP contribution in [0.25, 0.3) is 11.6 Å². The van der Waals surface area contributed by atoms with E-state index in [2.05, 4.69) is 24.8 Å². The Bertz CT molecular complexity index is 1290. The molecule has 5 rings (SSSR count). The van der Waals surface area contributed by atoms with Crippen LogP contribution in [-0.4, -0.2) is 87.1 Å². The van der Waals surface area contributed by atoms with E-state index in [4.69, 9.17) is 0 Å². The van der Waals surface area contributed by atoms with Crippen LogP contribution >= 0.6 is 0 Å². The van der Waals surface area contributed by atoms with Gasteiger partial charge in [0.1, 0.15) is 0 Å². The highest BCUT2D eigenvalue weighted by Gasteiger charge is 2.28. The van der Waals surface area contributed by atoms with Crippen LogP contribution in [0.3, 0.4) is 0 Å². The molecule has 1 saturated heterocycles. The summed E-state index contributed by atoms with van der Waals surface area (Å²) in [4.78, 5) is 21.5. The van der Waals surface area contributed by atoms with E-state index in [-0.39, 0.29) is 17.4 Å². The average Bonchev–Trinajstić information content (AvgIpc) is 3.41. The number of hydrogen-bond donors (Lipinski definition) is 4. The van der Waals surface area contributed by atoms with Gasteiger partial charge in [-0.2, -0.15) is 0 Å². The summed E-state index contributed by atoms with van der Waals surface area (Å²) in [7, 11) is -2.24. The predicted octanol–water partition coefficient (Wildman–Crippen LogP) is 1.84. The number of aryl methyl sites for hydroxylation is 1. The van der Waals surface area contributed by atoms with Crippen molar-refractivity contribution in [2.75, 3.05) is 58.2 Å². The lowest BCUT2D eigenvalue weighted by Gasteiger charge is -2.34. The number of sulfonamides is 1. The molecule has 2 aliphatic heterocycles. The van der Waals surface area contributed by atoms with Gasteiger partial charge in [-0.15, -0.1) is 0 Å². The van der Waals surface area contributed by atoms with Gasteiger partial charge >= 0.3 is 0 Å². The zero-order valence-corrected chi connectivity index (χ0v) is 22.3. The topological polar surface area (TPSA) is 118 Å². The molecule has 0 saturated carbocycles. The van der Waals surface area contributed by atoms with Crippen LogP contribution in [0.2, 0.25) is 0 Å². The lowest BCUT2D eigenvalue weighted by Crippen LogP contribution is -2.47. The van der Waals surface area contributed by atoms with Crippen LogP contribution in [0.1, 0.15) is 47.3 Å². The van der Waals surface area contributed by atoms with Crippen molar-refractivity contribution in [1.82, 2.24) is 19.5 Å². The van der Waals surface area contributed by atoms with Crippen LogP contribution in [0.5, 0.6) is 0 Å². The second kappa shape index (κ2) is 11.1. The molecule has 0 unspecified atom stereocenters. The van der Waals surface area contributed by atoms with Gasteiger partial charge in [0.05, 0.1) is 17.1 Å². The maximum Gasteiger partial charge on any atom is 0.256 e. The third kappa shape index (κ3) is 5.53. The third-order valence-corrected chi connectivity index (χ3v) is 9.28. The quantitative estimate of drug-likeness (QED) is 0.370. The molecular weight excluding hydrogens is 490 g/mol. The second-order valence-corrected chi connectivity index (χ2v) is 12.0. The normalized spacial score (nSPS) is 19.7. The van der Waals surface area contributed by atoms with Crippen LogP contribution in [-0.2, 0) is 34.1 Å². The van der Waals surface area contributed by atoms with Crippen molar-refractivity contribution in [2.24, 2.45) is 0 Å². The molecule has 3 heterocycles. The minimum atomic E-state index is -3.62. The molecule has 37 heavy (non-hydrogen) atoms. The number of aliphatic hydroxyl groups is 1. The predicted molar refractivity (Wildman–Crippen MR) is 145 cm³/mol. The van der Waals surface area contributed by atoms with Gasteiger partial charge in [-0.1, -0.05) is 0 Å². The first-order valence-electron chi connectivity index (χ1n) is 13.3. The summed E-state index contributed by atoms with van der Waals surface area (Å²) in [6.45, 7) is 6.03. The highest BCUT2D eigenvalue weighted by Crippen LogP contribution is 2.37. The number of piperazine rings is 1. The Morgan fingerprint density at radius 2 is 1.81 bits per heavy atom. The highest BCUT2D eigenvalue weighted by atomic mass is 32.2. The fraction of sp³-hybridized carbons (Fsp3) is 0.519. The van der Waals surface area contributed by atoms with E-state index in [0.29, 0.717) is 16.8 Å². The van der Waals surface area contributed by atoms with Crippen molar-refractivity contribution in [2.45, 2.75) is 43.4 Å². The molecule has 10 heteroatoms. The Balaban J connectivity index is 1.38. The molecule has 200 valence electrons. The smallest absolute Gasteiger partial charge is 0.256 e. The molecule has 1 fully saturated rings. The van der Waals surface area contributed by atoms with Crippen LogP contribution in [0.15, 0.2) is 23.1 Å².